The van der Waals surface area contributed by atoms with E-state index in [4.69, 9.17) is 9.47 Å². The van der Waals surface area contributed by atoms with Crippen molar-refractivity contribution < 1.29 is 27.5 Å². The van der Waals surface area contributed by atoms with Crippen molar-refractivity contribution in [1.82, 2.24) is 4.72 Å². The number of ether oxygens (including phenoxy) is 2. The number of sulfonamides is 1. The first-order valence-electron chi connectivity index (χ1n) is 8.41. The Balaban J connectivity index is 1.89. The second-order valence-corrected chi connectivity index (χ2v) is 7.73. The number of hydrogen-bond donors (Lipinski definition) is 2. The molecule has 8 nitrogen and oxygen atoms in total. The van der Waals surface area contributed by atoms with Crippen LogP contribution in [0.5, 0.6) is 5.75 Å². The van der Waals surface area contributed by atoms with E-state index in [-0.39, 0.29) is 4.90 Å². The minimum absolute atomic E-state index is 0.0339. The highest BCUT2D eigenvalue weighted by molar-refractivity contribution is 7.89. The lowest BCUT2D eigenvalue weighted by molar-refractivity contribution is -0.148. The molecule has 1 amide bonds. The van der Waals surface area contributed by atoms with Crippen molar-refractivity contribution in [2.75, 3.05) is 19.0 Å². The normalized spacial score (nSPS) is 12.1. The van der Waals surface area contributed by atoms with Gasteiger partial charge in [0.25, 0.3) is 5.91 Å². The Morgan fingerprint density at radius 2 is 1.71 bits per heavy atom. The number of carbonyl (C=O) groups excluding carboxylic acids is 2. The van der Waals surface area contributed by atoms with E-state index >= 15 is 0 Å². The molecule has 0 aliphatic rings. The van der Waals surface area contributed by atoms with Gasteiger partial charge >= 0.3 is 5.97 Å². The number of anilines is 1. The number of aryl methyl sites for hydroxylation is 1. The van der Waals surface area contributed by atoms with Gasteiger partial charge in [0, 0.05) is 0 Å². The van der Waals surface area contributed by atoms with Crippen LogP contribution in [-0.4, -0.2) is 40.1 Å². The van der Waals surface area contributed by atoms with E-state index in [2.05, 4.69) is 10.0 Å². The van der Waals surface area contributed by atoms with Gasteiger partial charge in [-0.1, -0.05) is 29.8 Å². The van der Waals surface area contributed by atoms with Gasteiger partial charge < -0.3 is 14.8 Å². The van der Waals surface area contributed by atoms with Crippen LogP contribution in [-0.2, 0) is 24.3 Å². The highest BCUT2D eigenvalue weighted by atomic mass is 32.2. The molecule has 150 valence electrons. The summed E-state index contributed by atoms with van der Waals surface area (Å²) in [5.74, 6) is -0.987. The van der Waals surface area contributed by atoms with Crippen LogP contribution in [0.15, 0.2) is 53.4 Å². The number of hydrogen-bond acceptors (Lipinski definition) is 6. The molecule has 0 fully saturated rings. The molecule has 0 heterocycles. The topological polar surface area (TPSA) is 111 Å². The molecule has 0 saturated heterocycles. The molecule has 0 radical (unpaired) electrons. The van der Waals surface area contributed by atoms with E-state index in [1.54, 1.807) is 36.4 Å². The van der Waals surface area contributed by atoms with Crippen LogP contribution in [0, 0.1) is 6.92 Å². The minimum Gasteiger partial charge on any atom is -0.495 e. The minimum atomic E-state index is -3.89. The van der Waals surface area contributed by atoms with E-state index in [1.165, 1.54) is 26.2 Å². The molecule has 0 saturated carbocycles. The molecule has 28 heavy (non-hydrogen) atoms. The molecule has 0 aliphatic heterocycles. The lowest BCUT2D eigenvalue weighted by atomic mass is 10.2. The Labute approximate surface area is 163 Å². The quantitative estimate of drug-likeness (QED) is 0.648. The number of amides is 1. The van der Waals surface area contributed by atoms with Gasteiger partial charge in [0.2, 0.25) is 10.0 Å². The molecule has 0 spiro atoms. The van der Waals surface area contributed by atoms with Crippen LogP contribution >= 0.6 is 0 Å². The third kappa shape index (κ3) is 5.80. The molecular formula is C19H22N2O6S. The monoisotopic (exact) mass is 406 g/mol. The summed E-state index contributed by atoms with van der Waals surface area (Å²) in [6.07, 6.45) is 0. The van der Waals surface area contributed by atoms with Crippen molar-refractivity contribution in [1.29, 1.82) is 0 Å². The van der Waals surface area contributed by atoms with E-state index in [0.29, 0.717) is 11.4 Å². The number of nitrogens with one attached hydrogen (secondary N) is 2. The lowest BCUT2D eigenvalue weighted by Crippen LogP contribution is -2.40. The summed E-state index contributed by atoms with van der Waals surface area (Å²) in [4.78, 5) is 24.0. The van der Waals surface area contributed by atoms with Crippen LogP contribution < -0.4 is 14.8 Å². The zero-order chi connectivity index (χ0) is 20.7. The number of benzene rings is 2. The predicted octanol–water partition coefficient (Wildman–Crippen LogP) is 1.85. The molecule has 0 aliphatic carbocycles. The molecule has 0 aromatic heterocycles. The molecule has 1 atom stereocenters. The summed E-state index contributed by atoms with van der Waals surface area (Å²) in [6, 6.07) is 11.8. The molecule has 2 N–H and O–H groups in total. The number of carbonyl (C=O) groups is 2. The lowest BCUT2D eigenvalue weighted by Gasteiger charge is -2.14. The Hall–Kier alpha value is -2.91. The Kier molecular flexibility index (Phi) is 7.13. The molecule has 2 rings (SSSR count). The smallest absolute Gasteiger partial charge is 0.324 e. The SMILES string of the molecule is COc1ccccc1NC(=O)COC(=O)[C@H](C)NS(=O)(=O)c1ccc(C)cc1. The number of para-hydroxylation sites is 2. The van der Waals surface area contributed by atoms with E-state index in [1.807, 2.05) is 6.92 Å². The maximum atomic E-state index is 12.3. The summed E-state index contributed by atoms with van der Waals surface area (Å²) >= 11 is 0. The molecule has 9 heteroatoms. The van der Waals surface area contributed by atoms with Crippen molar-refractivity contribution in [2.45, 2.75) is 24.8 Å². The number of methoxy groups -OCH3 is 1. The Bertz CT molecular complexity index is 941. The number of esters is 1. The first-order valence-corrected chi connectivity index (χ1v) is 9.90. The fourth-order valence-corrected chi connectivity index (χ4v) is 3.45. The summed E-state index contributed by atoms with van der Waals surface area (Å²) in [5.41, 5.74) is 1.34. The molecular weight excluding hydrogens is 384 g/mol. The fourth-order valence-electron chi connectivity index (χ4n) is 2.26. The summed E-state index contributed by atoms with van der Waals surface area (Å²) < 4.78 is 36.8. The predicted molar refractivity (Wildman–Crippen MR) is 104 cm³/mol. The standard InChI is InChI=1S/C19H22N2O6S/c1-13-8-10-15(11-9-13)28(24,25)21-14(2)19(23)27-12-18(22)20-16-6-4-5-7-17(16)26-3/h4-11,14,21H,12H2,1-3H3,(H,20,22)/t14-/m0/s1. The largest absolute Gasteiger partial charge is 0.495 e. The van der Waals surface area contributed by atoms with Crippen LogP contribution in [0.4, 0.5) is 5.69 Å². The third-order valence-corrected chi connectivity index (χ3v) is 5.30. The van der Waals surface area contributed by atoms with Gasteiger partial charge in [0.1, 0.15) is 11.8 Å². The average Bonchev–Trinajstić information content (AvgIpc) is 2.66. The summed E-state index contributed by atoms with van der Waals surface area (Å²) in [7, 11) is -2.42. The van der Waals surface area contributed by atoms with Crippen LogP contribution in [0.1, 0.15) is 12.5 Å². The van der Waals surface area contributed by atoms with Gasteiger partial charge in [-0.25, -0.2) is 8.42 Å². The highest BCUT2D eigenvalue weighted by Crippen LogP contribution is 2.22. The van der Waals surface area contributed by atoms with Crippen LogP contribution in [0.25, 0.3) is 0 Å². The third-order valence-electron chi connectivity index (χ3n) is 3.74. The summed E-state index contributed by atoms with van der Waals surface area (Å²) in [6.45, 7) is 2.61. The first-order chi connectivity index (χ1) is 13.2. The second kappa shape index (κ2) is 9.34. The molecule has 0 unspecified atom stereocenters. The van der Waals surface area contributed by atoms with Gasteiger partial charge in [-0.2, -0.15) is 4.72 Å². The van der Waals surface area contributed by atoms with Crippen molar-refractivity contribution in [3.8, 4) is 5.75 Å². The van der Waals surface area contributed by atoms with Gasteiger partial charge in [-0.05, 0) is 38.1 Å². The van der Waals surface area contributed by atoms with Crippen molar-refractivity contribution >= 4 is 27.6 Å². The second-order valence-electron chi connectivity index (χ2n) is 6.01. The van der Waals surface area contributed by atoms with Crippen molar-refractivity contribution in [3.63, 3.8) is 0 Å². The number of rotatable bonds is 8. The van der Waals surface area contributed by atoms with Crippen LogP contribution in [0.3, 0.4) is 0 Å². The first kappa shape index (κ1) is 21.4. The van der Waals surface area contributed by atoms with Gasteiger partial charge in [0.15, 0.2) is 6.61 Å². The highest BCUT2D eigenvalue weighted by Gasteiger charge is 2.23. The average molecular weight is 406 g/mol. The Morgan fingerprint density at radius 1 is 1.07 bits per heavy atom. The zero-order valence-electron chi connectivity index (χ0n) is 15.8. The van der Waals surface area contributed by atoms with E-state index < -0.39 is 34.5 Å². The van der Waals surface area contributed by atoms with Gasteiger partial charge in [-0.3, -0.25) is 9.59 Å². The maximum absolute atomic E-state index is 12.3. The molecule has 2 aromatic rings. The van der Waals surface area contributed by atoms with Crippen molar-refractivity contribution in [2.24, 2.45) is 0 Å². The summed E-state index contributed by atoms with van der Waals surface area (Å²) in [5, 5.41) is 2.56. The van der Waals surface area contributed by atoms with E-state index in [9.17, 15) is 18.0 Å². The zero-order valence-corrected chi connectivity index (χ0v) is 16.6. The van der Waals surface area contributed by atoms with Crippen molar-refractivity contribution in [3.05, 3.63) is 54.1 Å². The van der Waals surface area contributed by atoms with Gasteiger partial charge in [-0.15, -0.1) is 0 Å². The Morgan fingerprint density at radius 3 is 2.36 bits per heavy atom. The van der Waals surface area contributed by atoms with Gasteiger partial charge in [0.05, 0.1) is 17.7 Å². The van der Waals surface area contributed by atoms with Crippen LogP contribution in [0.2, 0.25) is 0 Å². The van der Waals surface area contributed by atoms with E-state index in [0.717, 1.165) is 5.56 Å². The maximum Gasteiger partial charge on any atom is 0.324 e. The molecule has 2 aromatic carbocycles. The molecule has 0 bridgehead atoms. The fraction of sp³-hybridized carbons (Fsp3) is 0.263.